The number of anilines is 2. The highest BCUT2D eigenvalue weighted by Crippen LogP contribution is 2.28. The summed E-state index contributed by atoms with van der Waals surface area (Å²) in [6.45, 7) is 0. The molecule has 0 saturated carbocycles. The highest BCUT2D eigenvalue weighted by atomic mass is 15.3. The fourth-order valence-corrected chi connectivity index (χ4v) is 1.98. The van der Waals surface area contributed by atoms with Crippen LogP contribution in [0.3, 0.4) is 0 Å². The highest BCUT2D eigenvalue weighted by molar-refractivity contribution is 5.93. The molecule has 2 aromatic carbocycles. The van der Waals surface area contributed by atoms with Crippen LogP contribution in [0.25, 0.3) is 10.8 Å². The van der Waals surface area contributed by atoms with Crippen molar-refractivity contribution in [2.24, 2.45) is 0 Å². The molecule has 1 heterocycles. The van der Waals surface area contributed by atoms with Crippen LogP contribution in [0.2, 0.25) is 0 Å². The van der Waals surface area contributed by atoms with Crippen LogP contribution in [0.15, 0.2) is 60.8 Å². The van der Waals surface area contributed by atoms with Crippen molar-refractivity contribution >= 4 is 22.3 Å². The summed E-state index contributed by atoms with van der Waals surface area (Å²) in [5, 5.41) is 19.3. The van der Waals surface area contributed by atoms with Crippen molar-refractivity contribution in [1.29, 1.82) is 5.26 Å². The van der Waals surface area contributed by atoms with Crippen LogP contribution in [0.1, 0.15) is 0 Å². The first-order valence-electron chi connectivity index (χ1n) is 5.85. The van der Waals surface area contributed by atoms with Gasteiger partial charge in [-0.1, -0.05) is 42.5 Å². The third-order valence-electron chi connectivity index (χ3n) is 2.88. The van der Waals surface area contributed by atoms with Crippen LogP contribution in [-0.2, 0) is 0 Å². The van der Waals surface area contributed by atoms with Crippen LogP contribution >= 0.6 is 0 Å². The Morgan fingerprint density at radius 3 is 2.47 bits per heavy atom. The Balaban J connectivity index is 2.21. The average Bonchev–Trinajstić information content (AvgIpc) is 2.49. The molecule has 4 nitrogen and oxygen atoms in total. The summed E-state index contributed by atoms with van der Waals surface area (Å²) >= 11 is 0. The van der Waals surface area contributed by atoms with E-state index in [2.05, 4.69) is 16.4 Å². The molecule has 0 spiro atoms. The van der Waals surface area contributed by atoms with Gasteiger partial charge in [-0.3, -0.25) is 0 Å². The Bertz CT molecular complexity index is 741. The van der Waals surface area contributed by atoms with Crippen molar-refractivity contribution in [2.45, 2.75) is 0 Å². The summed E-state index contributed by atoms with van der Waals surface area (Å²) in [4.78, 5) is 1.48. The van der Waals surface area contributed by atoms with Gasteiger partial charge in [-0.05, 0) is 12.1 Å². The van der Waals surface area contributed by atoms with Crippen molar-refractivity contribution in [3.05, 3.63) is 60.8 Å². The van der Waals surface area contributed by atoms with E-state index in [1.165, 1.54) is 4.90 Å². The molecule has 90 valence electrons. The third kappa shape index (κ3) is 1.98. The number of hydrogen-bond donors (Lipinski definition) is 0. The molecule has 0 saturated heterocycles. The van der Waals surface area contributed by atoms with Gasteiger partial charge in [0.15, 0.2) is 12.0 Å². The molecule has 0 N–H and O–H groups in total. The fourth-order valence-electron chi connectivity index (χ4n) is 1.98. The Labute approximate surface area is 110 Å². The average molecular weight is 246 g/mol. The first kappa shape index (κ1) is 11.2. The summed E-state index contributed by atoms with van der Waals surface area (Å²) in [6, 6.07) is 17.2. The smallest absolute Gasteiger partial charge is 0.190 e. The molecule has 0 aliphatic heterocycles. The van der Waals surface area contributed by atoms with E-state index in [1.54, 1.807) is 6.20 Å². The van der Waals surface area contributed by atoms with Crippen LogP contribution in [0.4, 0.5) is 11.5 Å². The van der Waals surface area contributed by atoms with Gasteiger partial charge in [-0.25, -0.2) is 4.90 Å². The minimum Gasteiger partial charge on any atom is -0.228 e. The van der Waals surface area contributed by atoms with Gasteiger partial charge in [0.2, 0.25) is 0 Å². The van der Waals surface area contributed by atoms with Crippen molar-refractivity contribution in [3.63, 3.8) is 0 Å². The summed E-state index contributed by atoms with van der Waals surface area (Å²) in [5.41, 5.74) is 0.774. The Kier molecular flexibility index (Phi) is 2.79. The topological polar surface area (TPSA) is 52.8 Å². The van der Waals surface area contributed by atoms with Gasteiger partial charge in [-0.2, -0.15) is 10.4 Å². The van der Waals surface area contributed by atoms with Crippen molar-refractivity contribution in [3.8, 4) is 6.19 Å². The molecule has 0 atom stereocenters. The summed E-state index contributed by atoms with van der Waals surface area (Å²) < 4.78 is 0. The lowest BCUT2D eigenvalue weighted by Gasteiger charge is -2.15. The predicted octanol–water partition coefficient (Wildman–Crippen LogP) is 3.25. The molecule has 19 heavy (non-hydrogen) atoms. The number of aromatic nitrogens is 2. The maximum atomic E-state index is 9.40. The number of nitrogens with zero attached hydrogens (tertiary/aromatic N) is 4. The second-order valence-corrected chi connectivity index (χ2v) is 4.03. The van der Waals surface area contributed by atoms with Crippen LogP contribution < -0.4 is 4.90 Å². The van der Waals surface area contributed by atoms with E-state index in [-0.39, 0.29) is 0 Å². The molecule has 0 unspecified atom stereocenters. The minimum absolute atomic E-state index is 0.548. The monoisotopic (exact) mass is 246 g/mol. The van der Waals surface area contributed by atoms with E-state index in [1.807, 2.05) is 54.6 Å². The number of nitriles is 1. The number of rotatable bonds is 2. The fraction of sp³-hybridized carbons (Fsp3) is 0. The van der Waals surface area contributed by atoms with Crippen LogP contribution in [0, 0.1) is 11.5 Å². The summed E-state index contributed by atoms with van der Waals surface area (Å²) in [7, 11) is 0. The number of benzene rings is 2. The van der Waals surface area contributed by atoms with Gasteiger partial charge in [-0.15, -0.1) is 5.10 Å². The maximum Gasteiger partial charge on any atom is 0.190 e. The zero-order chi connectivity index (χ0) is 13.1. The van der Waals surface area contributed by atoms with Gasteiger partial charge in [0.25, 0.3) is 0 Å². The molecule has 0 radical (unpaired) electrons. The molecule has 0 aliphatic carbocycles. The molecule has 0 aliphatic rings. The molecule has 3 rings (SSSR count). The second-order valence-electron chi connectivity index (χ2n) is 4.03. The number of fused-ring (bicyclic) bond motifs is 1. The first-order chi connectivity index (χ1) is 9.40. The van der Waals surface area contributed by atoms with Gasteiger partial charge in [0.1, 0.15) is 0 Å². The number of para-hydroxylation sites is 1. The van der Waals surface area contributed by atoms with Gasteiger partial charge in [0, 0.05) is 10.8 Å². The zero-order valence-electron chi connectivity index (χ0n) is 10.1. The molecule has 3 aromatic rings. The van der Waals surface area contributed by atoms with Crippen LogP contribution in [-0.4, -0.2) is 10.2 Å². The molecule has 0 bridgehead atoms. The molecular weight excluding hydrogens is 236 g/mol. The summed E-state index contributed by atoms with van der Waals surface area (Å²) in [6.07, 6.45) is 3.85. The van der Waals surface area contributed by atoms with Gasteiger partial charge < -0.3 is 0 Å². The van der Waals surface area contributed by atoms with Gasteiger partial charge >= 0.3 is 0 Å². The molecule has 0 fully saturated rings. The second kappa shape index (κ2) is 4.75. The van der Waals surface area contributed by atoms with Crippen molar-refractivity contribution < 1.29 is 0 Å². The van der Waals surface area contributed by atoms with Crippen molar-refractivity contribution in [2.75, 3.05) is 4.90 Å². The highest BCUT2D eigenvalue weighted by Gasteiger charge is 2.13. The Morgan fingerprint density at radius 1 is 0.947 bits per heavy atom. The lowest BCUT2D eigenvalue weighted by Crippen LogP contribution is -2.11. The molecular formula is C15H10N4. The van der Waals surface area contributed by atoms with Gasteiger partial charge in [0.05, 0.1) is 11.9 Å². The van der Waals surface area contributed by atoms with E-state index in [4.69, 9.17) is 0 Å². The SMILES string of the molecule is N#CN(c1ccccc1)c1nncc2ccccc12. The molecule has 0 amide bonds. The first-order valence-corrected chi connectivity index (χ1v) is 5.85. The van der Waals surface area contributed by atoms with E-state index in [9.17, 15) is 5.26 Å². The van der Waals surface area contributed by atoms with Crippen LogP contribution in [0.5, 0.6) is 0 Å². The van der Waals surface area contributed by atoms with Crippen molar-refractivity contribution in [1.82, 2.24) is 10.2 Å². The zero-order valence-corrected chi connectivity index (χ0v) is 10.1. The number of hydrogen-bond acceptors (Lipinski definition) is 4. The standard InChI is InChI=1S/C15H10N4/c16-11-19(13-7-2-1-3-8-13)15-14-9-5-4-6-12(14)10-17-18-15/h1-10H. The largest absolute Gasteiger partial charge is 0.228 e. The van der Waals surface area contributed by atoms with E-state index in [0.717, 1.165) is 16.5 Å². The third-order valence-corrected chi connectivity index (χ3v) is 2.88. The van der Waals surface area contributed by atoms with E-state index in [0.29, 0.717) is 5.82 Å². The Morgan fingerprint density at radius 2 is 1.68 bits per heavy atom. The maximum absolute atomic E-state index is 9.40. The minimum atomic E-state index is 0.548. The lowest BCUT2D eigenvalue weighted by atomic mass is 10.2. The molecule has 1 aromatic heterocycles. The predicted molar refractivity (Wildman–Crippen MR) is 73.7 cm³/mol. The normalized spacial score (nSPS) is 10.1. The summed E-state index contributed by atoms with van der Waals surface area (Å²) in [5.74, 6) is 0.548. The Hall–Kier alpha value is -2.93. The lowest BCUT2D eigenvalue weighted by molar-refractivity contribution is 1.02. The molecule has 4 heteroatoms. The quantitative estimate of drug-likeness (QED) is 0.514. The van der Waals surface area contributed by atoms with E-state index < -0.39 is 0 Å². The van der Waals surface area contributed by atoms with E-state index >= 15 is 0 Å².